The molecule has 2 heterocycles. The summed E-state index contributed by atoms with van der Waals surface area (Å²) in [4.78, 5) is 21.1. The van der Waals surface area contributed by atoms with Gasteiger partial charge in [-0.25, -0.2) is 8.78 Å². The molecule has 0 spiro atoms. The van der Waals surface area contributed by atoms with Crippen LogP contribution in [-0.2, 0) is 6.42 Å². The first kappa shape index (κ1) is 18.8. The minimum Gasteiger partial charge on any atom is -0.351 e. The molecule has 0 aliphatic carbocycles. The lowest BCUT2D eigenvalue weighted by Gasteiger charge is -2.16. The summed E-state index contributed by atoms with van der Waals surface area (Å²) in [6.07, 6.45) is 0.279. The van der Waals surface area contributed by atoms with E-state index in [0.29, 0.717) is 17.4 Å². The molecule has 0 radical (unpaired) electrons. The normalized spacial score (nSPS) is 11.2. The number of rotatable bonds is 5. The molecule has 8 heteroatoms. The molecule has 0 atom stereocenters. The number of hydrogen-bond donors (Lipinski definition) is 1. The van der Waals surface area contributed by atoms with Crippen LogP contribution in [0.15, 0.2) is 47.0 Å². The molecule has 4 aromatic rings. The number of H-pyrrole nitrogens is 1. The Morgan fingerprint density at radius 2 is 1.93 bits per heavy atom. The van der Waals surface area contributed by atoms with Crippen LogP contribution in [0.4, 0.5) is 8.78 Å². The monoisotopic (exact) mass is 396 g/mol. The Balaban J connectivity index is 1.45. The Hall–Kier alpha value is -3.55. The van der Waals surface area contributed by atoms with Gasteiger partial charge in [0.15, 0.2) is 5.82 Å². The number of fused-ring (bicyclic) bond motifs is 1. The van der Waals surface area contributed by atoms with E-state index < -0.39 is 23.1 Å². The molecule has 0 fully saturated rings. The highest BCUT2D eigenvalue weighted by atomic mass is 19.1. The first-order valence-corrected chi connectivity index (χ1v) is 9.04. The van der Waals surface area contributed by atoms with Crippen molar-refractivity contribution in [2.45, 2.75) is 13.3 Å². The Morgan fingerprint density at radius 1 is 1.17 bits per heavy atom. The van der Waals surface area contributed by atoms with Crippen molar-refractivity contribution < 1.29 is 18.1 Å². The third kappa shape index (κ3) is 3.73. The quantitative estimate of drug-likeness (QED) is 0.551. The molecule has 0 aliphatic heterocycles. The van der Waals surface area contributed by atoms with Crippen molar-refractivity contribution >= 4 is 16.8 Å². The highest BCUT2D eigenvalue weighted by Crippen LogP contribution is 2.24. The van der Waals surface area contributed by atoms with Crippen LogP contribution >= 0.6 is 0 Å². The van der Waals surface area contributed by atoms with Crippen molar-refractivity contribution in [1.29, 1.82) is 0 Å². The van der Waals surface area contributed by atoms with Gasteiger partial charge in [-0.3, -0.25) is 4.79 Å². The smallest absolute Gasteiger partial charge is 0.274 e. The summed E-state index contributed by atoms with van der Waals surface area (Å²) < 4.78 is 32.9. The van der Waals surface area contributed by atoms with Gasteiger partial charge < -0.3 is 14.4 Å². The van der Waals surface area contributed by atoms with Gasteiger partial charge in [0.25, 0.3) is 11.8 Å². The van der Waals surface area contributed by atoms with Crippen molar-refractivity contribution in [3.63, 3.8) is 0 Å². The predicted molar refractivity (Wildman–Crippen MR) is 103 cm³/mol. The number of benzene rings is 2. The maximum absolute atomic E-state index is 13.8. The van der Waals surface area contributed by atoms with E-state index in [1.165, 1.54) is 18.0 Å². The van der Waals surface area contributed by atoms with E-state index in [0.717, 1.165) is 28.6 Å². The van der Waals surface area contributed by atoms with Crippen molar-refractivity contribution in [2.75, 3.05) is 13.6 Å². The molecule has 2 aromatic carbocycles. The fourth-order valence-corrected chi connectivity index (χ4v) is 3.09. The Labute approximate surface area is 165 Å². The average molecular weight is 396 g/mol. The van der Waals surface area contributed by atoms with Gasteiger partial charge in [-0.1, -0.05) is 22.9 Å². The second-order valence-electron chi connectivity index (χ2n) is 6.86. The predicted octanol–water partition coefficient (Wildman–Crippen LogP) is 4.12. The van der Waals surface area contributed by atoms with Crippen LogP contribution in [0.25, 0.3) is 22.5 Å². The summed E-state index contributed by atoms with van der Waals surface area (Å²) in [7, 11) is 1.47. The van der Waals surface area contributed by atoms with Crippen molar-refractivity contribution in [3.05, 3.63) is 71.1 Å². The Morgan fingerprint density at radius 3 is 2.69 bits per heavy atom. The number of nitrogens with zero attached hydrogens (tertiary/aromatic N) is 3. The number of aromatic nitrogens is 3. The zero-order valence-corrected chi connectivity index (χ0v) is 15.9. The fraction of sp³-hybridized carbons (Fsp3) is 0.190. The van der Waals surface area contributed by atoms with Gasteiger partial charge in [-0.2, -0.15) is 4.98 Å². The van der Waals surface area contributed by atoms with E-state index in [1.807, 2.05) is 25.1 Å². The molecule has 148 valence electrons. The van der Waals surface area contributed by atoms with Crippen molar-refractivity contribution in [3.8, 4) is 11.6 Å². The largest absolute Gasteiger partial charge is 0.351 e. The maximum Gasteiger partial charge on any atom is 0.274 e. The minimum absolute atomic E-state index is 0.178. The fourth-order valence-electron chi connectivity index (χ4n) is 3.09. The molecule has 0 unspecified atom stereocenters. The molecular formula is C21H18F2N4O2. The molecule has 1 N–H and O–H groups in total. The summed E-state index contributed by atoms with van der Waals surface area (Å²) >= 11 is 0. The van der Waals surface area contributed by atoms with Crippen LogP contribution in [0.3, 0.4) is 0 Å². The standard InChI is InChI=1S/C21H18F2N4O2/c1-12-6-7-16-13(10-12)11-17(24-16)20-25-18(26-29-20)8-9-27(2)21(28)19-14(22)4-3-5-15(19)23/h3-7,10-11,24H,8-9H2,1-2H3. The molecule has 4 rings (SSSR count). The topological polar surface area (TPSA) is 75.0 Å². The Kier molecular flexibility index (Phi) is 4.84. The van der Waals surface area contributed by atoms with E-state index in [4.69, 9.17) is 4.52 Å². The first-order chi connectivity index (χ1) is 13.9. The van der Waals surface area contributed by atoms with Gasteiger partial charge in [0.05, 0.1) is 0 Å². The summed E-state index contributed by atoms with van der Waals surface area (Å²) in [6, 6.07) is 11.3. The van der Waals surface area contributed by atoms with Crippen LogP contribution in [0, 0.1) is 18.6 Å². The highest BCUT2D eigenvalue weighted by molar-refractivity contribution is 5.94. The number of halogens is 2. The average Bonchev–Trinajstić information content (AvgIpc) is 3.32. The zero-order chi connectivity index (χ0) is 20.5. The van der Waals surface area contributed by atoms with Crippen molar-refractivity contribution in [1.82, 2.24) is 20.0 Å². The van der Waals surface area contributed by atoms with Gasteiger partial charge in [0, 0.05) is 30.9 Å². The van der Waals surface area contributed by atoms with Gasteiger partial charge >= 0.3 is 0 Å². The van der Waals surface area contributed by atoms with Crippen LogP contribution in [0.2, 0.25) is 0 Å². The second kappa shape index (κ2) is 7.46. The molecular weight excluding hydrogens is 378 g/mol. The molecule has 0 bridgehead atoms. The van der Waals surface area contributed by atoms with E-state index in [1.54, 1.807) is 0 Å². The highest BCUT2D eigenvalue weighted by Gasteiger charge is 2.21. The summed E-state index contributed by atoms with van der Waals surface area (Å²) in [5.41, 5.74) is 2.23. The van der Waals surface area contributed by atoms with Crippen molar-refractivity contribution in [2.24, 2.45) is 0 Å². The van der Waals surface area contributed by atoms with Gasteiger partial charge in [0.2, 0.25) is 0 Å². The van der Waals surface area contributed by atoms with Gasteiger partial charge in [-0.05, 0) is 37.3 Å². The number of carbonyl (C=O) groups excluding carboxylic acids is 1. The molecule has 29 heavy (non-hydrogen) atoms. The lowest BCUT2D eigenvalue weighted by Crippen LogP contribution is -2.30. The lowest BCUT2D eigenvalue weighted by atomic mass is 10.1. The molecule has 6 nitrogen and oxygen atoms in total. The zero-order valence-electron chi connectivity index (χ0n) is 15.9. The SMILES string of the molecule is Cc1ccc2[nH]c(-c3nc(CCN(C)C(=O)c4c(F)cccc4F)no3)cc2c1. The molecule has 0 saturated carbocycles. The van der Waals surface area contributed by atoms with E-state index in [-0.39, 0.29) is 13.0 Å². The molecule has 2 aromatic heterocycles. The molecule has 0 aliphatic rings. The van der Waals surface area contributed by atoms with E-state index >= 15 is 0 Å². The number of nitrogens with one attached hydrogen (secondary N) is 1. The lowest BCUT2D eigenvalue weighted by molar-refractivity contribution is 0.0786. The van der Waals surface area contributed by atoms with Crippen LogP contribution in [-0.4, -0.2) is 39.5 Å². The Bertz CT molecular complexity index is 1180. The minimum atomic E-state index is -0.891. The van der Waals surface area contributed by atoms with Crippen LogP contribution in [0.1, 0.15) is 21.7 Å². The number of hydrogen-bond acceptors (Lipinski definition) is 4. The second-order valence-corrected chi connectivity index (χ2v) is 6.86. The summed E-state index contributed by atoms with van der Waals surface area (Å²) in [5, 5.41) is 4.97. The third-order valence-electron chi connectivity index (χ3n) is 4.67. The number of aryl methyl sites for hydroxylation is 1. The van der Waals surface area contributed by atoms with E-state index in [9.17, 15) is 13.6 Å². The van der Waals surface area contributed by atoms with Crippen LogP contribution in [0.5, 0.6) is 0 Å². The molecule has 0 saturated heterocycles. The van der Waals surface area contributed by atoms with Crippen LogP contribution < -0.4 is 0 Å². The molecule has 1 amide bonds. The van der Waals surface area contributed by atoms with Gasteiger partial charge in [0.1, 0.15) is 22.9 Å². The summed E-state index contributed by atoms with van der Waals surface area (Å²) in [5.74, 6) is -1.79. The number of aromatic amines is 1. The first-order valence-electron chi connectivity index (χ1n) is 9.04. The van der Waals surface area contributed by atoms with Gasteiger partial charge in [-0.15, -0.1) is 0 Å². The number of amides is 1. The third-order valence-corrected chi connectivity index (χ3v) is 4.67. The van der Waals surface area contributed by atoms with E-state index in [2.05, 4.69) is 21.2 Å². The number of likely N-dealkylation sites (N-methyl/N-ethyl adjacent to an activating group) is 1. The summed E-state index contributed by atoms with van der Waals surface area (Å²) in [6.45, 7) is 2.19. The maximum atomic E-state index is 13.8. The number of carbonyl (C=O) groups is 1.